The van der Waals surface area contributed by atoms with E-state index in [1.807, 2.05) is 25.1 Å². The fourth-order valence-electron chi connectivity index (χ4n) is 3.79. The first kappa shape index (κ1) is 20.0. The van der Waals surface area contributed by atoms with Crippen LogP contribution in [0.2, 0.25) is 0 Å². The fraction of sp³-hybridized carbons (Fsp3) is 0.381. The maximum absolute atomic E-state index is 12.5. The van der Waals surface area contributed by atoms with E-state index in [2.05, 4.69) is 37.4 Å². The van der Waals surface area contributed by atoms with Gasteiger partial charge in [-0.25, -0.2) is 9.50 Å². The van der Waals surface area contributed by atoms with Gasteiger partial charge in [0.05, 0.1) is 5.92 Å². The Labute approximate surface area is 174 Å². The Morgan fingerprint density at radius 2 is 2.10 bits per heavy atom. The van der Waals surface area contributed by atoms with Crippen LogP contribution in [0.4, 0.5) is 0 Å². The first-order valence-electron chi connectivity index (χ1n) is 10.1. The molecule has 3 heterocycles. The Morgan fingerprint density at radius 3 is 2.90 bits per heavy atom. The fourth-order valence-corrected chi connectivity index (χ4v) is 3.79. The summed E-state index contributed by atoms with van der Waals surface area (Å²) in [6.07, 6.45) is 3.48. The quantitative estimate of drug-likeness (QED) is 0.631. The molecule has 1 unspecified atom stereocenters. The number of nitrogens with one attached hydrogen (secondary N) is 1. The molecule has 1 aliphatic heterocycles. The van der Waals surface area contributed by atoms with E-state index in [1.165, 1.54) is 0 Å². The molecule has 3 aromatic rings. The van der Waals surface area contributed by atoms with Crippen molar-refractivity contribution in [1.29, 1.82) is 0 Å². The highest BCUT2D eigenvalue weighted by Gasteiger charge is 2.23. The molecule has 1 aliphatic rings. The molecule has 2 amide bonds. The number of carbonyl (C=O) groups is 2. The van der Waals surface area contributed by atoms with Crippen LogP contribution in [-0.2, 0) is 17.9 Å². The first-order valence-corrected chi connectivity index (χ1v) is 10.1. The van der Waals surface area contributed by atoms with Gasteiger partial charge in [0.15, 0.2) is 0 Å². The zero-order valence-corrected chi connectivity index (χ0v) is 16.9. The predicted molar refractivity (Wildman–Crippen MR) is 110 cm³/mol. The number of hydrogen-bond acceptors (Lipinski definition) is 6. The van der Waals surface area contributed by atoms with Gasteiger partial charge in [0.25, 0.3) is 11.7 Å². The smallest absolute Gasteiger partial charge is 0.291 e. The minimum Gasteiger partial charge on any atom is -0.369 e. The van der Waals surface area contributed by atoms with Gasteiger partial charge in [-0.1, -0.05) is 24.3 Å². The van der Waals surface area contributed by atoms with Gasteiger partial charge in [-0.2, -0.15) is 4.98 Å². The number of carbonyl (C=O) groups excluding carboxylic acids is 2. The molecule has 0 radical (unpaired) electrons. The van der Waals surface area contributed by atoms with Crippen LogP contribution in [0.15, 0.2) is 36.5 Å². The van der Waals surface area contributed by atoms with Crippen LogP contribution < -0.4 is 11.1 Å². The first-order chi connectivity index (χ1) is 14.5. The highest BCUT2D eigenvalue weighted by Crippen LogP contribution is 2.18. The number of primary amides is 1. The molecule has 4 rings (SSSR count). The number of likely N-dealkylation sites (tertiary alicyclic amines) is 1. The number of aryl methyl sites for hydroxylation is 1. The molecular weight excluding hydrogens is 382 g/mol. The molecule has 0 saturated carbocycles. The summed E-state index contributed by atoms with van der Waals surface area (Å²) in [5.74, 6) is -0.137. The monoisotopic (exact) mass is 407 g/mol. The highest BCUT2D eigenvalue weighted by molar-refractivity contribution is 5.90. The minimum absolute atomic E-state index is 0.0720. The van der Waals surface area contributed by atoms with Gasteiger partial charge in [0, 0.05) is 31.5 Å². The van der Waals surface area contributed by atoms with Crippen molar-refractivity contribution >= 4 is 17.6 Å². The van der Waals surface area contributed by atoms with E-state index in [9.17, 15) is 9.59 Å². The van der Waals surface area contributed by atoms with Crippen molar-refractivity contribution in [3.63, 3.8) is 0 Å². The highest BCUT2D eigenvalue weighted by atomic mass is 16.2. The number of nitrogens with zero attached hydrogens (tertiary/aromatic N) is 5. The van der Waals surface area contributed by atoms with Crippen molar-refractivity contribution in [2.75, 3.05) is 13.1 Å². The van der Waals surface area contributed by atoms with Gasteiger partial charge >= 0.3 is 0 Å². The van der Waals surface area contributed by atoms with Gasteiger partial charge in [0.2, 0.25) is 11.7 Å². The lowest BCUT2D eigenvalue weighted by atomic mass is 9.97. The van der Waals surface area contributed by atoms with Gasteiger partial charge in [-0.05, 0) is 43.5 Å². The van der Waals surface area contributed by atoms with E-state index >= 15 is 0 Å². The summed E-state index contributed by atoms with van der Waals surface area (Å²) in [6, 6.07) is 9.87. The average molecular weight is 407 g/mol. The van der Waals surface area contributed by atoms with Gasteiger partial charge in [0.1, 0.15) is 0 Å². The molecule has 0 bridgehead atoms. The standard InChI is InChI=1S/C21H25N7O2/c1-14-7-8-23-21-25-19(26-28(14)21)20(30)24-11-15-4-2-5-16(10-15)12-27-9-3-6-17(13-27)18(22)29/h2,4-5,7-8,10,17H,3,6,9,11-13H2,1H3,(H2,22,29)(H,24,30). The summed E-state index contributed by atoms with van der Waals surface area (Å²) in [6.45, 7) is 4.66. The third-order valence-corrected chi connectivity index (χ3v) is 5.39. The summed E-state index contributed by atoms with van der Waals surface area (Å²) in [7, 11) is 0. The Hall–Kier alpha value is -3.33. The number of fused-ring (bicyclic) bond motifs is 1. The van der Waals surface area contributed by atoms with E-state index in [1.54, 1.807) is 10.7 Å². The van der Waals surface area contributed by atoms with E-state index in [-0.39, 0.29) is 23.6 Å². The zero-order valence-electron chi connectivity index (χ0n) is 16.9. The Balaban J connectivity index is 1.37. The van der Waals surface area contributed by atoms with Crippen molar-refractivity contribution in [3.8, 4) is 0 Å². The van der Waals surface area contributed by atoms with Crippen LogP contribution in [0.1, 0.15) is 40.3 Å². The number of piperidine rings is 1. The SMILES string of the molecule is Cc1ccnc2nc(C(=O)NCc3cccc(CN4CCCC(C(N)=O)C4)c3)nn12. The second-order valence-electron chi connectivity index (χ2n) is 7.71. The third-order valence-electron chi connectivity index (χ3n) is 5.39. The van der Waals surface area contributed by atoms with Gasteiger partial charge in [-0.15, -0.1) is 5.10 Å². The Bertz CT molecular complexity index is 1080. The second kappa shape index (κ2) is 8.58. The summed E-state index contributed by atoms with van der Waals surface area (Å²) in [4.78, 5) is 34.5. The lowest BCUT2D eigenvalue weighted by Gasteiger charge is -2.31. The molecule has 1 fully saturated rings. The number of nitrogens with two attached hydrogens (primary N) is 1. The van der Waals surface area contributed by atoms with E-state index < -0.39 is 0 Å². The summed E-state index contributed by atoms with van der Waals surface area (Å²) in [5, 5.41) is 7.10. The average Bonchev–Trinajstić information content (AvgIpc) is 3.18. The normalized spacial score (nSPS) is 17.2. The second-order valence-corrected chi connectivity index (χ2v) is 7.71. The molecular formula is C21H25N7O2. The van der Waals surface area contributed by atoms with Crippen LogP contribution in [0.3, 0.4) is 0 Å². The lowest BCUT2D eigenvalue weighted by Crippen LogP contribution is -2.40. The van der Waals surface area contributed by atoms with Crippen molar-refractivity contribution in [2.24, 2.45) is 11.7 Å². The van der Waals surface area contributed by atoms with Crippen molar-refractivity contribution in [3.05, 3.63) is 59.2 Å². The van der Waals surface area contributed by atoms with E-state index in [0.29, 0.717) is 18.9 Å². The van der Waals surface area contributed by atoms with Crippen molar-refractivity contribution < 1.29 is 9.59 Å². The number of rotatable bonds is 6. The molecule has 0 aliphatic carbocycles. The van der Waals surface area contributed by atoms with Crippen LogP contribution in [0.25, 0.3) is 5.78 Å². The topological polar surface area (TPSA) is 119 Å². The number of amides is 2. The Morgan fingerprint density at radius 1 is 1.27 bits per heavy atom. The molecule has 9 heteroatoms. The van der Waals surface area contributed by atoms with Gasteiger partial charge in [-0.3, -0.25) is 14.5 Å². The van der Waals surface area contributed by atoms with Crippen molar-refractivity contribution in [1.82, 2.24) is 29.8 Å². The maximum Gasteiger partial charge on any atom is 0.291 e. The molecule has 3 N–H and O–H groups in total. The number of aromatic nitrogens is 4. The van der Waals surface area contributed by atoms with E-state index in [0.717, 1.165) is 42.8 Å². The zero-order chi connectivity index (χ0) is 21.1. The largest absolute Gasteiger partial charge is 0.369 e. The minimum atomic E-state index is -0.342. The van der Waals surface area contributed by atoms with Gasteiger partial charge < -0.3 is 11.1 Å². The molecule has 9 nitrogen and oxygen atoms in total. The third kappa shape index (κ3) is 4.46. The molecule has 156 valence electrons. The maximum atomic E-state index is 12.5. The molecule has 1 aromatic carbocycles. The summed E-state index contributed by atoms with van der Waals surface area (Å²) >= 11 is 0. The van der Waals surface area contributed by atoms with Crippen LogP contribution >= 0.6 is 0 Å². The Kier molecular flexibility index (Phi) is 5.71. The number of hydrogen-bond donors (Lipinski definition) is 2. The molecule has 1 atom stereocenters. The molecule has 2 aromatic heterocycles. The lowest BCUT2D eigenvalue weighted by molar-refractivity contribution is -0.123. The number of benzene rings is 1. The molecule has 0 spiro atoms. The molecule has 30 heavy (non-hydrogen) atoms. The van der Waals surface area contributed by atoms with Crippen LogP contribution in [-0.4, -0.2) is 49.4 Å². The summed E-state index contributed by atoms with van der Waals surface area (Å²) < 4.78 is 1.55. The van der Waals surface area contributed by atoms with Crippen molar-refractivity contribution in [2.45, 2.75) is 32.9 Å². The van der Waals surface area contributed by atoms with Crippen LogP contribution in [0.5, 0.6) is 0 Å². The summed E-state index contributed by atoms with van der Waals surface area (Å²) in [5.41, 5.74) is 8.46. The van der Waals surface area contributed by atoms with E-state index in [4.69, 9.17) is 5.73 Å². The van der Waals surface area contributed by atoms with Crippen LogP contribution in [0, 0.1) is 12.8 Å². The predicted octanol–water partition coefficient (Wildman–Crippen LogP) is 1.06. The molecule has 1 saturated heterocycles.